The lowest BCUT2D eigenvalue weighted by Gasteiger charge is -2.13. The molecule has 0 aliphatic heterocycles. The average molecular weight is 453 g/mol. The highest BCUT2D eigenvalue weighted by Crippen LogP contribution is 2.40. The Morgan fingerprint density at radius 1 is 1.06 bits per heavy atom. The molecule has 1 atom stereocenters. The number of benzene rings is 2. The maximum atomic E-state index is 14.0. The third kappa shape index (κ3) is 4.89. The van der Waals surface area contributed by atoms with Crippen LogP contribution in [-0.4, -0.2) is 27.2 Å². The molecule has 2 aromatic heterocycles. The van der Waals surface area contributed by atoms with Gasteiger partial charge in [0.2, 0.25) is 5.88 Å². The fraction of sp³-hybridized carbons (Fsp3) is 0.240. The third-order valence-electron chi connectivity index (χ3n) is 5.41. The van der Waals surface area contributed by atoms with Crippen molar-refractivity contribution in [1.29, 1.82) is 0 Å². The summed E-state index contributed by atoms with van der Waals surface area (Å²) >= 11 is 0. The number of rotatable bonds is 7. The van der Waals surface area contributed by atoms with Gasteiger partial charge in [-0.3, -0.25) is 4.79 Å². The summed E-state index contributed by atoms with van der Waals surface area (Å²) < 4.78 is 48.6. The lowest BCUT2D eigenvalue weighted by Crippen LogP contribution is -2.15. The number of Topliss-reactive ketones (excluding diaryl/α,β-unsaturated/α-hetero) is 1. The van der Waals surface area contributed by atoms with Crippen LogP contribution in [0.5, 0.6) is 5.88 Å². The Balaban J connectivity index is 1.61. The van der Waals surface area contributed by atoms with Crippen molar-refractivity contribution in [1.82, 2.24) is 14.8 Å². The lowest BCUT2D eigenvalue weighted by molar-refractivity contribution is -0.136. The Kier molecular flexibility index (Phi) is 6.18. The van der Waals surface area contributed by atoms with Gasteiger partial charge in [0.25, 0.3) is 0 Å². The maximum Gasteiger partial charge on any atom is 0.417 e. The molecule has 170 valence electrons. The van der Waals surface area contributed by atoms with Crippen molar-refractivity contribution in [3.63, 3.8) is 0 Å². The molecule has 0 bridgehead atoms. The van der Waals surface area contributed by atoms with Gasteiger partial charge in [-0.15, -0.1) is 0 Å². The van der Waals surface area contributed by atoms with E-state index in [4.69, 9.17) is 4.74 Å². The van der Waals surface area contributed by atoms with Crippen LogP contribution in [0.2, 0.25) is 0 Å². The number of carbonyl (C=O) groups is 1. The van der Waals surface area contributed by atoms with E-state index >= 15 is 0 Å². The smallest absolute Gasteiger partial charge is 0.417 e. The van der Waals surface area contributed by atoms with E-state index in [0.29, 0.717) is 5.56 Å². The molecular formula is C25H22F3N3O2. The van der Waals surface area contributed by atoms with E-state index in [1.54, 1.807) is 30.3 Å². The first-order valence-corrected chi connectivity index (χ1v) is 10.4. The van der Waals surface area contributed by atoms with Crippen molar-refractivity contribution in [3.8, 4) is 17.1 Å². The minimum atomic E-state index is -4.66. The zero-order valence-corrected chi connectivity index (χ0v) is 18.1. The molecule has 0 N–H and O–H groups in total. The first-order chi connectivity index (χ1) is 15.7. The number of ether oxygens (including phenoxy) is 1. The average Bonchev–Trinajstić information content (AvgIpc) is 3.14. The van der Waals surface area contributed by atoms with Crippen molar-refractivity contribution in [2.45, 2.75) is 25.4 Å². The molecule has 0 spiro atoms. The van der Waals surface area contributed by atoms with Crippen molar-refractivity contribution >= 4 is 16.8 Å². The van der Waals surface area contributed by atoms with Gasteiger partial charge in [-0.05, 0) is 11.5 Å². The van der Waals surface area contributed by atoms with Gasteiger partial charge in [-0.1, -0.05) is 67.6 Å². The number of fused-ring (bicyclic) bond motifs is 1. The van der Waals surface area contributed by atoms with E-state index in [-0.39, 0.29) is 47.3 Å². The van der Waals surface area contributed by atoms with E-state index in [0.717, 1.165) is 11.6 Å². The molecule has 0 unspecified atom stereocenters. The Hall–Kier alpha value is -3.68. The van der Waals surface area contributed by atoms with Gasteiger partial charge < -0.3 is 4.74 Å². The summed E-state index contributed by atoms with van der Waals surface area (Å²) in [5.74, 6) is -0.524. The quantitative estimate of drug-likeness (QED) is 0.355. The summed E-state index contributed by atoms with van der Waals surface area (Å²) in [5.41, 5.74) is 0.873. The number of hydrogen-bond donors (Lipinski definition) is 0. The minimum Gasteiger partial charge on any atom is -0.470 e. The number of hydrogen-bond acceptors (Lipinski definition) is 4. The number of nitrogens with zero attached hydrogens (tertiary/aromatic N) is 3. The number of aromatic nitrogens is 3. The molecule has 4 rings (SSSR count). The predicted molar refractivity (Wildman–Crippen MR) is 119 cm³/mol. The van der Waals surface area contributed by atoms with Crippen molar-refractivity contribution in [2.24, 2.45) is 7.05 Å². The first kappa shape index (κ1) is 22.5. The summed E-state index contributed by atoms with van der Waals surface area (Å²) in [5, 5.41) is 4.17. The molecule has 0 aliphatic carbocycles. The van der Waals surface area contributed by atoms with Crippen LogP contribution in [0.4, 0.5) is 13.2 Å². The first-order valence-electron chi connectivity index (χ1n) is 10.4. The highest BCUT2D eigenvalue weighted by molar-refractivity contribution is 5.94. The molecule has 0 fully saturated rings. The Morgan fingerprint density at radius 2 is 1.70 bits per heavy atom. The maximum absolute atomic E-state index is 14.0. The van der Waals surface area contributed by atoms with Crippen molar-refractivity contribution in [2.75, 3.05) is 6.61 Å². The summed E-state index contributed by atoms with van der Waals surface area (Å²) in [6.07, 6.45) is -4.44. The van der Waals surface area contributed by atoms with Crippen LogP contribution in [0, 0.1) is 0 Å². The monoisotopic (exact) mass is 453 g/mol. The van der Waals surface area contributed by atoms with E-state index in [2.05, 4.69) is 10.1 Å². The molecular weight excluding hydrogens is 431 g/mol. The number of ketones is 1. The number of pyridine rings is 1. The third-order valence-corrected chi connectivity index (χ3v) is 5.41. The molecule has 0 radical (unpaired) electrons. The molecule has 8 heteroatoms. The van der Waals surface area contributed by atoms with Crippen LogP contribution >= 0.6 is 0 Å². The molecule has 5 nitrogen and oxygen atoms in total. The summed E-state index contributed by atoms with van der Waals surface area (Å²) in [7, 11) is 1.53. The molecule has 2 aromatic carbocycles. The summed E-state index contributed by atoms with van der Waals surface area (Å²) in [6, 6.07) is 19.0. The molecule has 0 aliphatic rings. The fourth-order valence-electron chi connectivity index (χ4n) is 3.77. The van der Waals surface area contributed by atoms with Crippen molar-refractivity contribution < 1.29 is 22.7 Å². The van der Waals surface area contributed by atoms with Crippen LogP contribution in [0.15, 0.2) is 66.7 Å². The summed E-state index contributed by atoms with van der Waals surface area (Å²) in [6.45, 7) is 1.55. The highest BCUT2D eigenvalue weighted by Gasteiger charge is 2.36. The van der Waals surface area contributed by atoms with E-state index in [1.807, 2.05) is 37.3 Å². The van der Waals surface area contributed by atoms with E-state index in [9.17, 15) is 18.0 Å². The Morgan fingerprint density at radius 3 is 2.33 bits per heavy atom. The van der Waals surface area contributed by atoms with Crippen LogP contribution in [0.25, 0.3) is 22.3 Å². The number of carbonyl (C=O) groups excluding carboxylic acids is 1. The molecule has 0 saturated heterocycles. The molecule has 33 heavy (non-hydrogen) atoms. The zero-order chi connectivity index (χ0) is 23.6. The largest absolute Gasteiger partial charge is 0.470 e. The SMILES string of the molecule is C[C@@H](CC(=O)COc1cc(C(F)(F)F)c2c(-c3ccccc3)nn(C)c2n1)c1ccccc1. The van der Waals surface area contributed by atoms with E-state index in [1.165, 1.54) is 11.7 Å². The van der Waals surface area contributed by atoms with Gasteiger partial charge in [0.05, 0.1) is 10.9 Å². The topological polar surface area (TPSA) is 57.0 Å². The van der Waals surface area contributed by atoms with Crippen LogP contribution in [0.1, 0.15) is 30.4 Å². The Bertz CT molecular complexity index is 1270. The molecule has 2 heterocycles. The summed E-state index contributed by atoms with van der Waals surface area (Å²) in [4.78, 5) is 16.6. The van der Waals surface area contributed by atoms with Gasteiger partial charge >= 0.3 is 6.18 Å². The second-order valence-electron chi connectivity index (χ2n) is 7.89. The van der Waals surface area contributed by atoms with Gasteiger partial charge in [-0.2, -0.15) is 23.3 Å². The number of aryl methyl sites for hydroxylation is 1. The van der Waals surface area contributed by atoms with Crippen LogP contribution < -0.4 is 4.74 Å². The molecule has 0 saturated carbocycles. The number of alkyl halides is 3. The van der Waals surface area contributed by atoms with Crippen LogP contribution in [0.3, 0.4) is 0 Å². The van der Waals surface area contributed by atoms with Gasteiger partial charge in [-0.25, -0.2) is 4.68 Å². The van der Waals surface area contributed by atoms with Gasteiger partial charge in [0.15, 0.2) is 11.4 Å². The second kappa shape index (κ2) is 9.05. The lowest BCUT2D eigenvalue weighted by atomic mass is 9.96. The zero-order valence-electron chi connectivity index (χ0n) is 18.1. The minimum absolute atomic E-state index is 0.0313. The van der Waals surface area contributed by atoms with Crippen molar-refractivity contribution in [3.05, 3.63) is 77.9 Å². The Labute approximate surface area is 188 Å². The highest BCUT2D eigenvalue weighted by atomic mass is 19.4. The second-order valence-corrected chi connectivity index (χ2v) is 7.89. The molecule has 0 amide bonds. The van der Waals surface area contributed by atoms with E-state index < -0.39 is 11.7 Å². The van der Waals surface area contributed by atoms with Gasteiger partial charge in [0, 0.05) is 25.1 Å². The predicted octanol–water partition coefficient (Wildman–Crippen LogP) is 5.80. The molecule has 4 aromatic rings. The standard InChI is InChI=1S/C25H22F3N3O2/c1-16(17-9-5-3-6-10-17)13-19(32)15-33-21-14-20(25(26,27)28)22-23(18-11-7-4-8-12-18)30-31(2)24(22)29-21/h3-12,14,16H,13,15H2,1-2H3/t16-/m0/s1. The van der Waals surface area contributed by atoms with Gasteiger partial charge in [0.1, 0.15) is 12.3 Å². The number of halogens is 3. The normalized spacial score (nSPS) is 12.6. The van der Waals surface area contributed by atoms with Crippen LogP contribution in [-0.2, 0) is 18.0 Å². The fourth-order valence-corrected chi connectivity index (χ4v) is 3.77.